The minimum Gasteiger partial charge on any atom is -0.476 e. The van der Waals surface area contributed by atoms with Crippen LogP contribution in [0.4, 0.5) is 0 Å². The molecule has 0 spiro atoms. The largest absolute Gasteiger partial charge is 0.476 e. The van der Waals surface area contributed by atoms with Gasteiger partial charge in [-0.3, -0.25) is 0 Å². The molecule has 0 aromatic carbocycles. The average molecular weight is 218 g/mol. The molecule has 4 nitrogen and oxygen atoms in total. The third-order valence-electron chi connectivity index (χ3n) is 2.61. The van der Waals surface area contributed by atoms with Crippen LogP contribution >= 0.6 is 0 Å². The van der Waals surface area contributed by atoms with E-state index in [2.05, 4.69) is 4.98 Å². The first-order chi connectivity index (χ1) is 7.52. The molecule has 0 atom stereocenters. The summed E-state index contributed by atoms with van der Waals surface area (Å²) in [5.41, 5.74) is 1.76. The Bertz CT molecular complexity index is 555. The molecule has 2 aromatic rings. The van der Waals surface area contributed by atoms with Crippen LogP contribution in [0.2, 0.25) is 0 Å². The number of aromatic nitrogens is 2. The Morgan fingerprint density at radius 1 is 1.50 bits per heavy atom. The highest BCUT2D eigenvalue weighted by molar-refractivity contribution is 5.94. The maximum Gasteiger partial charge on any atom is 0.356 e. The van der Waals surface area contributed by atoms with Crippen molar-refractivity contribution >= 4 is 11.5 Å². The molecule has 0 aliphatic carbocycles. The number of hydrogen-bond acceptors (Lipinski definition) is 2. The van der Waals surface area contributed by atoms with E-state index in [1.807, 2.05) is 43.5 Å². The number of pyridine rings is 1. The number of nitrogens with zero attached hydrogens (tertiary/aromatic N) is 2. The van der Waals surface area contributed by atoms with E-state index in [0.717, 1.165) is 11.4 Å². The SMILES string of the molecule is Cc1cccn2c(C(C)C)nc(C(=O)O)c12. The number of rotatable bonds is 2. The van der Waals surface area contributed by atoms with Gasteiger partial charge >= 0.3 is 5.97 Å². The van der Waals surface area contributed by atoms with Crippen molar-refractivity contribution in [1.29, 1.82) is 0 Å². The standard InChI is InChI=1S/C12H14N2O2/c1-7(2)11-13-9(12(15)16)10-8(3)5-4-6-14(10)11/h4-7H,1-3H3,(H,15,16). The van der Waals surface area contributed by atoms with Crippen LogP contribution in [0, 0.1) is 6.92 Å². The third-order valence-corrected chi connectivity index (χ3v) is 2.61. The second-order valence-corrected chi connectivity index (χ2v) is 4.19. The first kappa shape index (κ1) is 10.7. The van der Waals surface area contributed by atoms with E-state index < -0.39 is 5.97 Å². The van der Waals surface area contributed by atoms with Gasteiger partial charge in [-0.2, -0.15) is 0 Å². The van der Waals surface area contributed by atoms with Crippen molar-refractivity contribution in [1.82, 2.24) is 9.38 Å². The summed E-state index contributed by atoms with van der Waals surface area (Å²) in [6.07, 6.45) is 1.86. The molecule has 0 radical (unpaired) electrons. The molecule has 0 unspecified atom stereocenters. The van der Waals surface area contributed by atoms with Gasteiger partial charge in [0.1, 0.15) is 5.82 Å². The molecule has 84 valence electrons. The van der Waals surface area contributed by atoms with Crippen LogP contribution in [0.25, 0.3) is 5.52 Å². The smallest absolute Gasteiger partial charge is 0.356 e. The van der Waals surface area contributed by atoms with E-state index in [4.69, 9.17) is 5.11 Å². The van der Waals surface area contributed by atoms with E-state index >= 15 is 0 Å². The van der Waals surface area contributed by atoms with Gasteiger partial charge < -0.3 is 9.51 Å². The molecule has 0 fully saturated rings. The zero-order valence-electron chi connectivity index (χ0n) is 9.56. The lowest BCUT2D eigenvalue weighted by Crippen LogP contribution is -1.98. The van der Waals surface area contributed by atoms with Gasteiger partial charge in [0.05, 0.1) is 5.52 Å². The van der Waals surface area contributed by atoms with Gasteiger partial charge in [-0.1, -0.05) is 19.9 Å². The number of fused-ring (bicyclic) bond motifs is 1. The Hall–Kier alpha value is -1.84. The van der Waals surface area contributed by atoms with Crippen LogP contribution in [0.3, 0.4) is 0 Å². The summed E-state index contributed by atoms with van der Waals surface area (Å²) < 4.78 is 1.86. The molecule has 0 aliphatic rings. The lowest BCUT2D eigenvalue weighted by atomic mass is 10.2. The van der Waals surface area contributed by atoms with Crippen molar-refractivity contribution in [2.75, 3.05) is 0 Å². The molecular weight excluding hydrogens is 204 g/mol. The number of hydrogen-bond donors (Lipinski definition) is 1. The lowest BCUT2D eigenvalue weighted by molar-refractivity contribution is 0.0693. The summed E-state index contributed by atoms with van der Waals surface area (Å²) in [5, 5.41) is 9.13. The molecule has 0 amide bonds. The van der Waals surface area contributed by atoms with Crippen LogP contribution in [-0.4, -0.2) is 20.5 Å². The normalized spacial score (nSPS) is 11.2. The summed E-state index contributed by atoms with van der Waals surface area (Å²) in [7, 11) is 0. The number of imidazole rings is 1. The molecule has 2 rings (SSSR count). The van der Waals surface area contributed by atoms with Gasteiger partial charge in [0.25, 0.3) is 0 Å². The monoisotopic (exact) mass is 218 g/mol. The number of carboxylic acids is 1. The van der Waals surface area contributed by atoms with E-state index in [9.17, 15) is 4.79 Å². The molecule has 0 bridgehead atoms. The number of aromatic carboxylic acids is 1. The summed E-state index contributed by atoms with van der Waals surface area (Å²) >= 11 is 0. The van der Waals surface area contributed by atoms with Gasteiger partial charge in [0.15, 0.2) is 5.69 Å². The van der Waals surface area contributed by atoms with Crippen molar-refractivity contribution in [2.45, 2.75) is 26.7 Å². The molecule has 16 heavy (non-hydrogen) atoms. The third kappa shape index (κ3) is 1.46. The van der Waals surface area contributed by atoms with Crippen molar-refractivity contribution < 1.29 is 9.90 Å². The molecule has 1 N–H and O–H groups in total. The zero-order valence-corrected chi connectivity index (χ0v) is 9.56. The Balaban J connectivity index is 2.87. The zero-order chi connectivity index (χ0) is 11.9. The fourth-order valence-corrected chi connectivity index (χ4v) is 1.89. The summed E-state index contributed by atoms with van der Waals surface area (Å²) in [6, 6.07) is 3.80. The Labute approximate surface area is 93.5 Å². The van der Waals surface area contributed by atoms with Gasteiger partial charge in [-0.15, -0.1) is 0 Å². The molecule has 0 saturated heterocycles. The average Bonchev–Trinajstić information content (AvgIpc) is 2.58. The number of aryl methyl sites for hydroxylation is 1. The molecule has 2 aromatic heterocycles. The molecule has 0 aliphatic heterocycles. The van der Waals surface area contributed by atoms with Crippen LogP contribution in [0.15, 0.2) is 18.3 Å². The summed E-state index contributed by atoms with van der Waals surface area (Å²) in [6.45, 7) is 5.90. The first-order valence-corrected chi connectivity index (χ1v) is 5.23. The minimum absolute atomic E-state index is 0.141. The summed E-state index contributed by atoms with van der Waals surface area (Å²) in [4.78, 5) is 15.3. The highest BCUT2D eigenvalue weighted by Crippen LogP contribution is 2.22. The van der Waals surface area contributed by atoms with Crippen LogP contribution < -0.4 is 0 Å². The quantitative estimate of drug-likeness (QED) is 0.842. The van der Waals surface area contributed by atoms with Gasteiger partial charge in [0, 0.05) is 12.1 Å². The lowest BCUT2D eigenvalue weighted by Gasteiger charge is -2.04. The second-order valence-electron chi connectivity index (χ2n) is 4.19. The van der Waals surface area contributed by atoms with E-state index in [-0.39, 0.29) is 11.6 Å². The number of carbonyl (C=O) groups is 1. The molecule has 4 heteroatoms. The molecular formula is C12H14N2O2. The van der Waals surface area contributed by atoms with Crippen molar-refractivity contribution in [3.8, 4) is 0 Å². The highest BCUT2D eigenvalue weighted by atomic mass is 16.4. The first-order valence-electron chi connectivity index (χ1n) is 5.23. The fourth-order valence-electron chi connectivity index (χ4n) is 1.89. The Kier molecular flexibility index (Phi) is 2.42. The Morgan fingerprint density at radius 3 is 2.75 bits per heavy atom. The van der Waals surface area contributed by atoms with Crippen LogP contribution in [-0.2, 0) is 0 Å². The summed E-state index contributed by atoms with van der Waals surface area (Å²) in [5.74, 6) is 0.0113. The highest BCUT2D eigenvalue weighted by Gasteiger charge is 2.19. The second kappa shape index (κ2) is 3.63. The number of carboxylic acid groups (broad SMARTS) is 1. The van der Waals surface area contributed by atoms with Crippen LogP contribution in [0.5, 0.6) is 0 Å². The maximum atomic E-state index is 11.1. The molecule has 0 saturated carbocycles. The van der Waals surface area contributed by atoms with Crippen molar-refractivity contribution in [2.24, 2.45) is 0 Å². The fraction of sp³-hybridized carbons (Fsp3) is 0.333. The van der Waals surface area contributed by atoms with Crippen molar-refractivity contribution in [3.63, 3.8) is 0 Å². The molecule has 2 heterocycles. The van der Waals surface area contributed by atoms with Crippen molar-refractivity contribution in [3.05, 3.63) is 35.4 Å². The van der Waals surface area contributed by atoms with Gasteiger partial charge in [-0.05, 0) is 18.6 Å². The predicted molar refractivity (Wildman–Crippen MR) is 61.0 cm³/mol. The van der Waals surface area contributed by atoms with E-state index in [1.54, 1.807) is 0 Å². The van der Waals surface area contributed by atoms with E-state index in [0.29, 0.717) is 5.52 Å². The maximum absolute atomic E-state index is 11.1. The Morgan fingerprint density at radius 2 is 2.19 bits per heavy atom. The van der Waals surface area contributed by atoms with Crippen LogP contribution in [0.1, 0.15) is 41.6 Å². The minimum atomic E-state index is -0.973. The van der Waals surface area contributed by atoms with Gasteiger partial charge in [-0.25, -0.2) is 9.78 Å². The predicted octanol–water partition coefficient (Wildman–Crippen LogP) is 2.46. The van der Waals surface area contributed by atoms with Gasteiger partial charge in [0.2, 0.25) is 0 Å². The van der Waals surface area contributed by atoms with E-state index in [1.165, 1.54) is 0 Å². The topological polar surface area (TPSA) is 54.6 Å².